The molecule has 4 aromatic rings. The Morgan fingerprint density at radius 2 is 1.76 bits per heavy atom. The average Bonchev–Trinajstić information content (AvgIpc) is 2.85. The molecule has 0 amide bonds. The van der Waals surface area contributed by atoms with Crippen molar-refractivity contribution in [3.63, 3.8) is 0 Å². The van der Waals surface area contributed by atoms with Gasteiger partial charge in [0.1, 0.15) is 11.8 Å². The highest BCUT2D eigenvalue weighted by molar-refractivity contribution is 6.01. The normalized spacial score (nSPS) is 14.3. The molecule has 1 saturated heterocycles. The Hall–Kier alpha value is -3.59. The van der Waals surface area contributed by atoms with Gasteiger partial charge in [0, 0.05) is 43.0 Å². The van der Waals surface area contributed by atoms with Crippen LogP contribution >= 0.6 is 0 Å². The van der Waals surface area contributed by atoms with E-state index in [1.54, 1.807) is 6.20 Å². The van der Waals surface area contributed by atoms with Crippen LogP contribution in [-0.4, -0.2) is 41.2 Å². The van der Waals surface area contributed by atoms with Gasteiger partial charge in [0.05, 0.1) is 18.7 Å². The summed E-state index contributed by atoms with van der Waals surface area (Å²) < 4.78 is 5.46. The summed E-state index contributed by atoms with van der Waals surface area (Å²) in [4.78, 5) is 11.3. The molecule has 1 aliphatic heterocycles. The van der Waals surface area contributed by atoms with Crippen LogP contribution in [0.4, 0.5) is 0 Å². The topological polar surface area (TPSA) is 62.0 Å². The number of fused-ring (bicyclic) bond motifs is 1. The predicted octanol–water partition coefficient (Wildman–Crippen LogP) is 5.28. The number of benzene rings is 2. The minimum atomic E-state index is 0.430. The van der Waals surface area contributed by atoms with E-state index in [2.05, 4.69) is 65.1 Å². The van der Waals surface area contributed by atoms with Crippen LogP contribution in [0.3, 0.4) is 0 Å². The van der Waals surface area contributed by atoms with Crippen molar-refractivity contribution in [2.45, 2.75) is 20.4 Å². The van der Waals surface area contributed by atoms with Gasteiger partial charge in [0.15, 0.2) is 0 Å². The number of ether oxygens (including phenoxy) is 1. The summed E-state index contributed by atoms with van der Waals surface area (Å²) >= 11 is 0. The molecule has 0 atom stereocenters. The Morgan fingerprint density at radius 1 is 0.970 bits per heavy atom. The van der Waals surface area contributed by atoms with Crippen LogP contribution in [-0.2, 0) is 11.3 Å². The Morgan fingerprint density at radius 3 is 2.52 bits per heavy atom. The maximum absolute atomic E-state index is 9.60. The van der Waals surface area contributed by atoms with Crippen molar-refractivity contribution >= 4 is 10.9 Å². The fourth-order valence-electron chi connectivity index (χ4n) is 4.85. The Balaban J connectivity index is 1.58. The van der Waals surface area contributed by atoms with E-state index in [0.29, 0.717) is 5.69 Å². The molecule has 0 unspecified atom stereocenters. The maximum Gasteiger partial charge on any atom is 0.148 e. The number of aromatic nitrogens is 2. The van der Waals surface area contributed by atoms with Crippen LogP contribution in [0.15, 0.2) is 60.9 Å². The number of hydrogen-bond donors (Lipinski definition) is 0. The van der Waals surface area contributed by atoms with E-state index >= 15 is 0 Å². The van der Waals surface area contributed by atoms with E-state index in [-0.39, 0.29) is 0 Å². The number of aryl methyl sites for hydroxylation is 2. The molecule has 0 N–H and O–H groups in total. The molecule has 33 heavy (non-hydrogen) atoms. The van der Waals surface area contributed by atoms with Crippen molar-refractivity contribution in [1.29, 1.82) is 5.26 Å². The van der Waals surface area contributed by atoms with E-state index in [1.807, 2.05) is 24.4 Å². The van der Waals surface area contributed by atoms with Crippen molar-refractivity contribution in [3.8, 4) is 28.3 Å². The second-order valence-electron chi connectivity index (χ2n) is 8.54. The van der Waals surface area contributed by atoms with Crippen molar-refractivity contribution in [1.82, 2.24) is 14.9 Å². The van der Waals surface area contributed by atoms with E-state index in [1.165, 1.54) is 27.8 Å². The van der Waals surface area contributed by atoms with E-state index < -0.39 is 0 Å². The lowest BCUT2D eigenvalue weighted by atomic mass is 9.88. The van der Waals surface area contributed by atoms with E-state index in [0.717, 1.165) is 54.9 Å². The predicted molar refractivity (Wildman–Crippen MR) is 131 cm³/mol. The summed E-state index contributed by atoms with van der Waals surface area (Å²) in [6.45, 7) is 8.84. The van der Waals surface area contributed by atoms with Crippen LogP contribution in [0.25, 0.3) is 33.2 Å². The number of hydrogen-bond acceptors (Lipinski definition) is 5. The molecule has 1 fully saturated rings. The average molecular weight is 435 g/mol. The highest BCUT2D eigenvalue weighted by Gasteiger charge is 2.17. The van der Waals surface area contributed by atoms with Gasteiger partial charge in [-0.15, -0.1) is 0 Å². The summed E-state index contributed by atoms with van der Waals surface area (Å²) in [5, 5.41) is 10.7. The van der Waals surface area contributed by atoms with Crippen LogP contribution < -0.4 is 0 Å². The highest BCUT2D eigenvalue weighted by Crippen LogP contribution is 2.38. The Kier molecular flexibility index (Phi) is 5.87. The summed E-state index contributed by atoms with van der Waals surface area (Å²) in [6.07, 6.45) is 3.47. The molecule has 2 aromatic carbocycles. The molecule has 2 aromatic heterocycles. The lowest BCUT2D eigenvalue weighted by Gasteiger charge is -2.26. The molecule has 0 radical (unpaired) electrons. The minimum Gasteiger partial charge on any atom is -0.379 e. The molecule has 5 nitrogen and oxygen atoms in total. The number of nitriles is 1. The fourth-order valence-corrected chi connectivity index (χ4v) is 4.85. The van der Waals surface area contributed by atoms with Crippen molar-refractivity contribution in [2.75, 3.05) is 26.3 Å². The quantitative estimate of drug-likeness (QED) is 0.437. The summed E-state index contributed by atoms with van der Waals surface area (Å²) in [6, 6.07) is 19.1. The molecule has 0 aliphatic carbocycles. The molecular weight excluding hydrogens is 408 g/mol. The van der Waals surface area contributed by atoms with Crippen molar-refractivity contribution < 1.29 is 4.74 Å². The molecule has 1 aliphatic rings. The van der Waals surface area contributed by atoms with Crippen LogP contribution in [0, 0.1) is 25.2 Å². The highest BCUT2D eigenvalue weighted by atomic mass is 16.5. The zero-order chi connectivity index (χ0) is 22.8. The third-order valence-electron chi connectivity index (χ3n) is 6.43. The molecule has 164 valence electrons. The van der Waals surface area contributed by atoms with Gasteiger partial charge in [-0.25, -0.2) is 4.98 Å². The largest absolute Gasteiger partial charge is 0.379 e. The van der Waals surface area contributed by atoms with Gasteiger partial charge in [-0.1, -0.05) is 24.3 Å². The molecule has 0 spiro atoms. The molecular formula is C28H26N4O. The second kappa shape index (κ2) is 9.11. The smallest absolute Gasteiger partial charge is 0.148 e. The number of pyridine rings is 2. The first-order valence-corrected chi connectivity index (χ1v) is 11.3. The molecule has 0 saturated carbocycles. The molecule has 0 bridgehead atoms. The van der Waals surface area contributed by atoms with Crippen LogP contribution in [0.1, 0.15) is 22.4 Å². The monoisotopic (exact) mass is 434 g/mol. The zero-order valence-electron chi connectivity index (χ0n) is 19.0. The zero-order valence-corrected chi connectivity index (χ0v) is 19.0. The first kappa shape index (κ1) is 21.3. The summed E-state index contributed by atoms with van der Waals surface area (Å²) in [5.74, 6) is 0. The lowest BCUT2D eigenvalue weighted by molar-refractivity contribution is 0.0342. The van der Waals surface area contributed by atoms with Gasteiger partial charge in [-0.05, 0) is 71.5 Å². The summed E-state index contributed by atoms with van der Waals surface area (Å²) in [7, 11) is 0. The van der Waals surface area contributed by atoms with E-state index in [4.69, 9.17) is 4.74 Å². The first-order chi connectivity index (χ1) is 16.2. The minimum absolute atomic E-state index is 0.430. The number of rotatable bonds is 4. The first-order valence-electron chi connectivity index (χ1n) is 11.3. The van der Waals surface area contributed by atoms with Gasteiger partial charge in [0.25, 0.3) is 0 Å². The number of nitrogens with zero attached hydrogens (tertiary/aromatic N) is 4. The lowest BCUT2D eigenvalue weighted by Crippen LogP contribution is -2.35. The Labute approximate surface area is 194 Å². The van der Waals surface area contributed by atoms with E-state index in [9.17, 15) is 5.26 Å². The van der Waals surface area contributed by atoms with Gasteiger partial charge in [0.2, 0.25) is 0 Å². The standard InChI is InChI=1S/C28H26N4O/c1-19-16-25-28(24(9-11-31-25)23-4-3-10-30-26(23)17-29)20(2)27(19)22-7-5-21(6-8-22)18-32-12-14-33-15-13-32/h3-11,16H,12-15,18H2,1-2H3. The SMILES string of the molecule is Cc1cc2nccc(-c3cccnc3C#N)c2c(C)c1-c1ccc(CN2CCOCC2)cc1. The van der Waals surface area contributed by atoms with Crippen LogP contribution in [0.2, 0.25) is 0 Å². The summed E-state index contributed by atoms with van der Waals surface area (Å²) in [5.41, 5.74) is 9.28. The second-order valence-corrected chi connectivity index (χ2v) is 8.54. The van der Waals surface area contributed by atoms with Gasteiger partial charge < -0.3 is 4.74 Å². The molecule has 3 heterocycles. The van der Waals surface area contributed by atoms with Gasteiger partial charge in [-0.3, -0.25) is 9.88 Å². The molecule has 5 rings (SSSR count). The van der Waals surface area contributed by atoms with Gasteiger partial charge >= 0.3 is 0 Å². The number of morpholine rings is 1. The van der Waals surface area contributed by atoms with Crippen molar-refractivity contribution in [3.05, 3.63) is 83.3 Å². The Bertz CT molecular complexity index is 1350. The van der Waals surface area contributed by atoms with Gasteiger partial charge in [-0.2, -0.15) is 5.26 Å². The maximum atomic E-state index is 9.60. The third kappa shape index (κ3) is 4.11. The molecule has 5 heteroatoms. The van der Waals surface area contributed by atoms with Crippen molar-refractivity contribution in [2.24, 2.45) is 0 Å². The van der Waals surface area contributed by atoms with Crippen LogP contribution in [0.5, 0.6) is 0 Å². The fraction of sp³-hybridized carbons (Fsp3) is 0.250. The third-order valence-corrected chi connectivity index (χ3v) is 6.43.